The van der Waals surface area contributed by atoms with Crippen molar-refractivity contribution in [1.82, 2.24) is 9.91 Å². The van der Waals surface area contributed by atoms with Crippen LogP contribution in [-0.4, -0.2) is 55.2 Å². The molecule has 1 saturated heterocycles. The third-order valence-corrected chi connectivity index (χ3v) is 6.80. The summed E-state index contributed by atoms with van der Waals surface area (Å²) < 4.78 is 17.7. The lowest BCUT2D eigenvalue weighted by Gasteiger charge is -2.51. The van der Waals surface area contributed by atoms with E-state index in [0.717, 1.165) is 67.4 Å². The van der Waals surface area contributed by atoms with Gasteiger partial charge in [-0.3, -0.25) is 0 Å². The van der Waals surface area contributed by atoms with Gasteiger partial charge in [0.25, 0.3) is 0 Å². The molecule has 6 nitrogen and oxygen atoms in total. The van der Waals surface area contributed by atoms with Crippen molar-refractivity contribution < 1.29 is 14.2 Å². The molecule has 6 heteroatoms. The summed E-state index contributed by atoms with van der Waals surface area (Å²) in [5.74, 6) is 2.47. The minimum Gasteiger partial charge on any atom is -0.493 e. The predicted molar refractivity (Wildman–Crippen MR) is 121 cm³/mol. The predicted octanol–water partition coefficient (Wildman–Crippen LogP) is 4.45. The second-order valence-electron chi connectivity index (χ2n) is 8.61. The maximum Gasteiger partial charge on any atom is 0.200 e. The van der Waals surface area contributed by atoms with Crippen LogP contribution in [0.1, 0.15) is 49.8 Å². The highest BCUT2D eigenvalue weighted by molar-refractivity contribution is 6.02. The molecule has 3 aliphatic heterocycles. The SMILES string of the molecule is CCCN1CCC2(CC1)Oc1ccccc1[C@@H]1CC(c3ccc(OC)c(OC)c3)=NN12. The summed E-state index contributed by atoms with van der Waals surface area (Å²) in [7, 11) is 3.33. The molecule has 1 atom stereocenters. The molecule has 0 amide bonds. The highest BCUT2D eigenvalue weighted by atomic mass is 16.5. The lowest BCUT2D eigenvalue weighted by molar-refractivity contribution is -0.149. The van der Waals surface area contributed by atoms with E-state index < -0.39 is 0 Å². The number of para-hydroxylation sites is 1. The summed E-state index contributed by atoms with van der Waals surface area (Å²) in [6, 6.07) is 14.7. The molecule has 0 aromatic heterocycles. The summed E-state index contributed by atoms with van der Waals surface area (Å²) in [5.41, 5.74) is 3.00. The van der Waals surface area contributed by atoms with E-state index in [0.29, 0.717) is 0 Å². The molecule has 164 valence electrons. The summed E-state index contributed by atoms with van der Waals surface area (Å²) in [6.45, 7) is 5.48. The van der Waals surface area contributed by atoms with E-state index in [1.54, 1.807) is 14.2 Å². The van der Waals surface area contributed by atoms with Crippen molar-refractivity contribution in [3.8, 4) is 17.2 Å². The van der Waals surface area contributed by atoms with Crippen molar-refractivity contribution in [3.05, 3.63) is 53.6 Å². The van der Waals surface area contributed by atoms with E-state index in [4.69, 9.17) is 19.3 Å². The smallest absolute Gasteiger partial charge is 0.200 e. The first-order chi connectivity index (χ1) is 15.2. The molecule has 1 spiro atoms. The summed E-state index contributed by atoms with van der Waals surface area (Å²) >= 11 is 0. The van der Waals surface area contributed by atoms with Crippen LogP contribution in [0.3, 0.4) is 0 Å². The van der Waals surface area contributed by atoms with Crippen LogP contribution in [0.4, 0.5) is 0 Å². The molecule has 2 aromatic rings. The number of nitrogens with zero attached hydrogens (tertiary/aromatic N) is 3. The Hall–Kier alpha value is -2.73. The number of rotatable bonds is 5. The Morgan fingerprint density at radius 2 is 1.84 bits per heavy atom. The van der Waals surface area contributed by atoms with Crippen LogP contribution in [0, 0.1) is 0 Å². The number of hydrogen-bond donors (Lipinski definition) is 0. The van der Waals surface area contributed by atoms with E-state index in [1.165, 1.54) is 12.0 Å². The summed E-state index contributed by atoms with van der Waals surface area (Å²) in [6.07, 6.45) is 3.96. The number of fused-ring (bicyclic) bond motifs is 4. The van der Waals surface area contributed by atoms with Gasteiger partial charge in [-0.1, -0.05) is 25.1 Å². The molecule has 0 bridgehead atoms. The minimum atomic E-state index is -0.373. The Morgan fingerprint density at radius 3 is 2.58 bits per heavy atom. The minimum absolute atomic E-state index is 0.200. The largest absolute Gasteiger partial charge is 0.493 e. The molecule has 2 aromatic carbocycles. The molecule has 5 rings (SSSR count). The molecule has 0 aliphatic carbocycles. The first kappa shape index (κ1) is 20.2. The number of likely N-dealkylation sites (tertiary alicyclic amines) is 1. The van der Waals surface area contributed by atoms with Crippen molar-refractivity contribution in [1.29, 1.82) is 0 Å². The van der Waals surface area contributed by atoms with Crippen LogP contribution in [0.5, 0.6) is 17.2 Å². The van der Waals surface area contributed by atoms with Gasteiger partial charge in [-0.2, -0.15) is 5.10 Å². The maximum absolute atomic E-state index is 6.71. The number of benzene rings is 2. The van der Waals surface area contributed by atoms with E-state index in [1.807, 2.05) is 12.1 Å². The van der Waals surface area contributed by atoms with Gasteiger partial charge in [-0.25, -0.2) is 5.01 Å². The molecule has 0 saturated carbocycles. The Morgan fingerprint density at radius 1 is 1.06 bits per heavy atom. The molecule has 3 aliphatic rings. The van der Waals surface area contributed by atoms with Gasteiger partial charge in [0, 0.05) is 43.5 Å². The topological polar surface area (TPSA) is 46.5 Å². The standard InChI is InChI=1S/C25H31N3O3/c1-4-13-27-14-11-25(12-15-27)28-21(19-7-5-6-8-22(19)31-25)17-20(26-28)18-9-10-23(29-2)24(16-18)30-3/h5-10,16,21H,4,11-15,17H2,1-3H3/t21-/m0/s1. The lowest BCUT2D eigenvalue weighted by Crippen LogP contribution is -2.59. The van der Waals surface area contributed by atoms with Crippen LogP contribution in [-0.2, 0) is 0 Å². The Balaban J connectivity index is 1.51. The third kappa shape index (κ3) is 3.43. The van der Waals surface area contributed by atoms with Gasteiger partial charge < -0.3 is 19.1 Å². The number of piperidine rings is 1. The number of methoxy groups -OCH3 is 2. The molecular formula is C25H31N3O3. The number of hydrogen-bond acceptors (Lipinski definition) is 6. The molecule has 0 unspecified atom stereocenters. The molecule has 0 N–H and O–H groups in total. The first-order valence-electron chi connectivity index (χ1n) is 11.3. The zero-order chi connectivity index (χ0) is 21.4. The van der Waals surface area contributed by atoms with Crippen LogP contribution in [0.2, 0.25) is 0 Å². The van der Waals surface area contributed by atoms with Crippen molar-refractivity contribution in [3.63, 3.8) is 0 Å². The summed E-state index contributed by atoms with van der Waals surface area (Å²) in [4.78, 5) is 2.54. The third-order valence-electron chi connectivity index (χ3n) is 6.80. The van der Waals surface area contributed by atoms with Gasteiger partial charge in [-0.15, -0.1) is 0 Å². The van der Waals surface area contributed by atoms with Crippen LogP contribution >= 0.6 is 0 Å². The average molecular weight is 422 g/mol. The molecule has 3 heterocycles. The summed E-state index contributed by atoms with van der Waals surface area (Å²) in [5, 5.41) is 7.44. The lowest BCUT2D eigenvalue weighted by atomic mass is 9.90. The first-order valence-corrected chi connectivity index (χ1v) is 11.3. The van der Waals surface area contributed by atoms with E-state index in [9.17, 15) is 0 Å². The van der Waals surface area contributed by atoms with E-state index in [-0.39, 0.29) is 11.8 Å². The molecule has 31 heavy (non-hydrogen) atoms. The van der Waals surface area contributed by atoms with Crippen molar-refractivity contribution in [2.45, 2.75) is 44.4 Å². The molecule has 0 radical (unpaired) electrons. The fourth-order valence-electron chi connectivity index (χ4n) is 5.19. The normalized spacial score (nSPS) is 21.8. The Labute approximate surface area is 184 Å². The van der Waals surface area contributed by atoms with Gasteiger partial charge in [0.05, 0.1) is 26.0 Å². The fourth-order valence-corrected chi connectivity index (χ4v) is 5.19. The van der Waals surface area contributed by atoms with Gasteiger partial charge >= 0.3 is 0 Å². The average Bonchev–Trinajstić information content (AvgIpc) is 3.27. The highest BCUT2D eigenvalue weighted by Crippen LogP contribution is 2.50. The Kier molecular flexibility index (Phi) is 5.26. The van der Waals surface area contributed by atoms with Crippen LogP contribution < -0.4 is 14.2 Å². The molecular weight excluding hydrogens is 390 g/mol. The monoisotopic (exact) mass is 421 g/mol. The van der Waals surface area contributed by atoms with Gasteiger partial charge in [-0.05, 0) is 37.2 Å². The second kappa shape index (κ2) is 8.08. The highest BCUT2D eigenvalue weighted by Gasteiger charge is 2.51. The van der Waals surface area contributed by atoms with Gasteiger partial charge in [0.2, 0.25) is 5.72 Å². The quantitative estimate of drug-likeness (QED) is 0.714. The zero-order valence-electron chi connectivity index (χ0n) is 18.6. The zero-order valence-corrected chi connectivity index (χ0v) is 18.6. The van der Waals surface area contributed by atoms with Gasteiger partial charge in [0.1, 0.15) is 5.75 Å². The Bertz CT molecular complexity index is 982. The van der Waals surface area contributed by atoms with Crippen molar-refractivity contribution in [2.75, 3.05) is 33.9 Å². The van der Waals surface area contributed by atoms with Crippen molar-refractivity contribution >= 4 is 5.71 Å². The number of ether oxygens (including phenoxy) is 3. The van der Waals surface area contributed by atoms with E-state index in [2.05, 4.69) is 47.2 Å². The van der Waals surface area contributed by atoms with Gasteiger partial charge in [0.15, 0.2) is 11.5 Å². The number of hydrazone groups is 1. The molecule has 1 fully saturated rings. The van der Waals surface area contributed by atoms with E-state index >= 15 is 0 Å². The van der Waals surface area contributed by atoms with Crippen LogP contribution in [0.25, 0.3) is 0 Å². The second-order valence-corrected chi connectivity index (χ2v) is 8.61. The van der Waals surface area contributed by atoms with Crippen LogP contribution in [0.15, 0.2) is 47.6 Å². The van der Waals surface area contributed by atoms with Crippen molar-refractivity contribution in [2.24, 2.45) is 5.10 Å². The fraction of sp³-hybridized carbons (Fsp3) is 0.480. The maximum atomic E-state index is 6.71.